The summed E-state index contributed by atoms with van der Waals surface area (Å²) in [6.07, 6.45) is -1.00. The molecule has 21 heavy (non-hydrogen) atoms. The van der Waals surface area contributed by atoms with E-state index in [1.54, 1.807) is 0 Å². The largest absolute Gasteiger partial charge is 4.00 e. The molecule has 10 heteroatoms. The first-order chi connectivity index (χ1) is 9.07. The Labute approximate surface area is 121 Å². The van der Waals surface area contributed by atoms with Gasteiger partial charge in [-0.2, -0.15) is 0 Å². The van der Waals surface area contributed by atoms with E-state index >= 15 is 0 Å². The average Bonchev–Trinajstić information content (AvgIpc) is 2.33. The van der Waals surface area contributed by atoms with E-state index in [2.05, 4.69) is 0 Å². The van der Waals surface area contributed by atoms with Gasteiger partial charge in [0.2, 0.25) is 0 Å². The van der Waals surface area contributed by atoms with Crippen LogP contribution in [0, 0.1) is 7.43 Å². The number of rotatable bonds is 8. The van der Waals surface area contributed by atoms with Gasteiger partial charge in [0.15, 0.2) is 0 Å². The zero-order chi connectivity index (χ0) is 16.3. The van der Waals surface area contributed by atoms with E-state index in [1.807, 2.05) is 0 Å². The van der Waals surface area contributed by atoms with E-state index < -0.39 is 36.0 Å². The monoisotopic (exact) mass is 302 g/mol. The molecule has 0 saturated heterocycles. The summed E-state index contributed by atoms with van der Waals surface area (Å²) in [6, 6.07) is -2.42. The van der Waals surface area contributed by atoms with Crippen LogP contribution in [0.4, 0.5) is 0 Å². The van der Waals surface area contributed by atoms with Gasteiger partial charge in [0.05, 0.1) is 11.9 Å². The third-order valence-corrected chi connectivity index (χ3v) is 1.92. The maximum Gasteiger partial charge on any atom is 4.00 e. The zero-order valence-corrected chi connectivity index (χ0v) is 10.9. The van der Waals surface area contributed by atoms with Crippen LogP contribution in [-0.4, -0.2) is 36.0 Å². The summed E-state index contributed by atoms with van der Waals surface area (Å²) in [5.41, 5.74) is 9.82. The fourth-order valence-electron chi connectivity index (χ4n) is 0.782. The summed E-state index contributed by atoms with van der Waals surface area (Å²) in [4.78, 5) is 39.2. The summed E-state index contributed by atoms with van der Waals surface area (Å²) in [5, 5.41) is 39.2. The van der Waals surface area contributed by atoms with Crippen molar-refractivity contribution in [3.05, 3.63) is 7.43 Å². The Hall–Kier alpha value is -2.20. The molecule has 0 fully saturated rings. The Kier molecular flexibility index (Phi) is 14.6. The Morgan fingerprint density at radius 1 is 0.714 bits per heavy atom. The molecule has 0 heterocycles. The van der Waals surface area contributed by atoms with Crippen molar-refractivity contribution in [3.8, 4) is 0 Å². The van der Waals surface area contributed by atoms with E-state index in [4.69, 9.17) is 11.5 Å². The molecule has 10 nitrogen and oxygen atoms in total. The number of carboxylic acid groups (broad SMARTS) is 4. The van der Waals surface area contributed by atoms with Gasteiger partial charge in [0, 0.05) is 24.0 Å². The van der Waals surface area contributed by atoms with Crippen molar-refractivity contribution in [1.82, 2.24) is 0 Å². The molecule has 0 aromatic heterocycles. The first kappa shape index (κ1) is 23.9. The molecule has 0 unspecified atom stereocenters. The van der Waals surface area contributed by atoms with E-state index in [0.29, 0.717) is 0 Å². The van der Waals surface area contributed by atoms with Crippen LogP contribution in [0.2, 0.25) is 0 Å². The molecule has 0 bridgehead atoms. The van der Waals surface area contributed by atoms with Crippen molar-refractivity contribution in [2.45, 2.75) is 37.8 Å². The maximum absolute atomic E-state index is 9.86. The summed E-state index contributed by atoms with van der Waals surface area (Å²) in [7, 11) is 0. The predicted molar refractivity (Wildman–Crippen MR) is 57.7 cm³/mol. The molecule has 0 aliphatic carbocycles. The van der Waals surface area contributed by atoms with Gasteiger partial charge in [-0.05, 0) is 25.7 Å². The molecule has 4 N–H and O–H groups in total. The Bertz CT molecular complexity index is 324. The van der Waals surface area contributed by atoms with Crippen molar-refractivity contribution < 1.29 is 39.6 Å². The van der Waals surface area contributed by atoms with Gasteiger partial charge in [-0.25, -0.2) is 0 Å². The summed E-state index contributed by atoms with van der Waals surface area (Å²) in [5.74, 6) is -5.50. The fraction of sp³-hybridized carbons (Fsp3) is 0.545. The zero-order valence-electron chi connectivity index (χ0n) is 10.9. The maximum atomic E-state index is 9.86. The van der Waals surface area contributed by atoms with Crippen molar-refractivity contribution >= 4 is 23.9 Å². The standard InChI is InChI=1S/2C5H9NO4.C/c2*6-3(5(9)10)1-2-4(7)8;/h2*3H,1-2,6H2,(H,7,8)(H,9,10);/q;;+4/p-4/t2*3-;/m00./s1. The van der Waals surface area contributed by atoms with Crippen LogP contribution in [0.25, 0.3) is 0 Å². The van der Waals surface area contributed by atoms with Gasteiger partial charge in [0.25, 0.3) is 0 Å². The van der Waals surface area contributed by atoms with Gasteiger partial charge in [-0.15, -0.1) is 0 Å². The van der Waals surface area contributed by atoms with Gasteiger partial charge >= 0.3 is 7.43 Å². The molecule has 0 aromatic carbocycles. The molecule has 0 aliphatic heterocycles. The van der Waals surface area contributed by atoms with Crippen LogP contribution < -0.4 is 31.9 Å². The van der Waals surface area contributed by atoms with Crippen molar-refractivity contribution in [1.29, 1.82) is 0 Å². The van der Waals surface area contributed by atoms with Gasteiger partial charge < -0.3 is 51.1 Å². The first-order valence-electron chi connectivity index (χ1n) is 5.40. The number of carbonyl (C=O) groups excluding carboxylic acids is 4. The third-order valence-electron chi connectivity index (χ3n) is 1.92. The van der Waals surface area contributed by atoms with Gasteiger partial charge in [-0.1, -0.05) is 0 Å². The molecular weight excluding hydrogens is 288 g/mol. The van der Waals surface area contributed by atoms with Gasteiger partial charge in [-0.3, -0.25) is 0 Å². The number of nitrogens with two attached hydrogens (primary N) is 2. The SMILES string of the molecule is N[C@@H](CCC(=O)[O-])C(=O)[O-].N[C@@H](CCC(=O)[O-])C(=O)[O-].[C+4]. The molecule has 116 valence electrons. The van der Waals surface area contributed by atoms with E-state index in [1.165, 1.54) is 0 Å². The molecule has 0 rings (SSSR count). The Morgan fingerprint density at radius 3 is 1.10 bits per heavy atom. The quantitative estimate of drug-likeness (QED) is 0.432. The second kappa shape index (κ2) is 12.8. The molecule has 2 atom stereocenters. The summed E-state index contributed by atoms with van der Waals surface area (Å²) in [6.45, 7) is 0. The van der Waals surface area contributed by atoms with Crippen LogP contribution in [0.5, 0.6) is 0 Å². The van der Waals surface area contributed by atoms with Crippen LogP contribution in [0.1, 0.15) is 25.7 Å². The average molecular weight is 302 g/mol. The second-order valence-electron chi connectivity index (χ2n) is 3.67. The summed E-state index contributed by atoms with van der Waals surface area (Å²) >= 11 is 0. The van der Waals surface area contributed by atoms with Crippen LogP contribution in [-0.2, 0) is 19.2 Å². The minimum atomic E-state index is -1.44. The number of carboxylic acids is 4. The van der Waals surface area contributed by atoms with Crippen molar-refractivity contribution in [3.63, 3.8) is 0 Å². The smallest absolute Gasteiger partial charge is 0.550 e. The van der Waals surface area contributed by atoms with Crippen molar-refractivity contribution in [2.75, 3.05) is 0 Å². The summed E-state index contributed by atoms with van der Waals surface area (Å²) < 4.78 is 0. The molecule has 0 aliphatic rings. The molecular formula is C11H14N2O8. The molecule has 0 spiro atoms. The Morgan fingerprint density at radius 2 is 0.952 bits per heavy atom. The first-order valence-corrected chi connectivity index (χ1v) is 5.40. The second-order valence-corrected chi connectivity index (χ2v) is 3.67. The van der Waals surface area contributed by atoms with Gasteiger partial charge in [0.1, 0.15) is 0 Å². The number of aliphatic carboxylic acids is 4. The molecule has 0 amide bonds. The van der Waals surface area contributed by atoms with E-state index in [9.17, 15) is 39.6 Å². The van der Waals surface area contributed by atoms with E-state index in [0.717, 1.165) is 0 Å². The molecule has 0 saturated carbocycles. The van der Waals surface area contributed by atoms with E-state index in [-0.39, 0.29) is 33.1 Å². The number of hydrogen-bond donors (Lipinski definition) is 2. The Balaban J connectivity index is -0.000000295. The number of carbonyl (C=O) groups is 4. The van der Waals surface area contributed by atoms with Crippen LogP contribution in [0.3, 0.4) is 0 Å². The normalized spacial score (nSPS) is 11.9. The van der Waals surface area contributed by atoms with Crippen LogP contribution in [0.15, 0.2) is 0 Å². The minimum absolute atomic E-state index is 0. The predicted octanol–water partition coefficient (Wildman–Crippen LogP) is -6.73. The van der Waals surface area contributed by atoms with Crippen LogP contribution >= 0.6 is 0 Å². The fourth-order valence-corrected chi connectivity index (χ4v) is 0.782. The minimum Gasteiger partial charge on any atom is -0.550 e. The molecule has 0 radical (unpaired) electrons. The third kappa shape index (κ3) is 17.8. The topological polar surface area (TPSA) is 213 Å². The van der Waals surface area contributed by atoms with Crippen molar-refractivity contribution in [2.24, 2.45) is 11.5 Å². The molecule has 0 aromatic rings. The number of hydrogen-bond acceptors (Lipinski definition) is 10.